The molecule has 4 heteroatoms. The summed E-state index contributed by atoms with van der Waals surface area (Å²) in [6.07, 6.45) is 5.03. The van der Waals surface area contributed by atoms with E-state index in [1.54, 1.807) is 0 Å². The van der Waals surface area contributed by atoms with Gasteiger partial charge in [0, 0.05) is 30.7 Å². The molecule has 1 N–H and O–H groups in total. The van der Waals surface area contributed by atoms with E-state index in [-0.39, 0.29) is 0 Å². The van der Waals surface area contributed by atoms with Crippen molar-refractivity contribution < 1.29 is 0 Å². The van der Waals surface area contributed by atoms with Gasteiger partial charge in [-0.1, -0.05) is 37.6 Å². The van der Waals surface area contributed by atoms with Gasteiger partial charge in [0.1, 0.15) is 0 Å². The predicted molar refractivity (Wildman–Crippen MR) is 88.8 cm³/mol. The van der Waals surface area contributed by atoms with Crippen LogP contribution in [0.15, 0.2) is 36.7 Å². The summed E-state index contributed by atoms with van der Waals surface area (Å²) in [5.74, 6) is 1.10. The molecule has 1 aromatic carbocycles. The molecule has 0 aliphatic carbocycles. The van der Waals surface area contributed by atoms with Crippen LogP contribution < -0.4 is 5.32 Å². The van der Waals surface area contributed by atoms with Crippen molar-refractivity contribution >= 4 is 11.6 Å². The number of halogens is 1. The minimum Gasteiger partial charge on any atom is -0.316 e. The number of aromatic nitrogens is 2. The van der Waals surface area contributed by atoms with Gasteiger partial charge in [-0.25, -0.2) is 0 Å². The predicted octanol–water partition coefficient (Wildman–Crippen LogP) is 3.65. The highest BCUT2D eigenvalue weighted by atomic mass is 35.5. The Morgan fingerprint density at radius 3 is 2.48 bits per heavy atom. The third-order valence-corrected chi connectivity index (χ3v) is 3.78. The van der Waals surface area contributed by atoms with Crippen LogP contribution in [0.4, 0.5) is 0 Å². The number of nitrogens with one attached hydrogen (secondary N) is 1. The van der Waals surface area contributed by atoms with Crippen LogP contribution in [0.1, 0.15) is 30.9 Å². The first-order chi connectivity index (χ1) is 10.0. The van der Waals surface area contributed by atoms with E-state index in [2.05, 4.69) is 42.6 Å². The molecule has 2 rings (SSSR count). The summed E-state index contributed by atoms with van der Waals surface area (Å²) in [5.41, 5.74) is 2.59. The summed E-state index contributed by atoms with van der Waals surface area (Å²) in [7, 11) is 1.96. The van der Waals surface area contributed by atoms with Crippen molar-refractivity contribution in [2.45, 2.75) is 26.2 Å². The molecule has 0 aliphatic rings. The van der Waals surface area contributed by atoms with Gasteiger partial charge in [-0.3, -0.25) is 4.68 Å². The van der Waals surface area contributed by atoms with E-state index in [0.29, 0.717) is 11.8 Å². The van der Waals surface area contributed by atoms with Crippen LogP contribution in [-0.4, -0.2) is 22.9 Å². The molecule has 0 aliphatic heterocycles. The lowest BCUT2D eigenvalue weighted by Gasteiger charge is -2.18. The van der Waals surface area contributed by atoms with E-state index in [4.69, 9.17) is 11.6 Å². The van der Waals surface area contributed by atoms with E-state index in [1.165, 1.54) is 11.1 Å². The smallest absolute Gasteiger partial charge is 0.0521 e. The maximum absolute atomic E-state index is 6.00. The Bertz CT molecular complexity index is 545. The fraction of sp³-hybridized carbons (Fsp3) is 0.471. The zero-order valence-electron chi connectivity index (χ0n) is 13.0. The van der Waals surface area contributed by atoms with E-state index in [1.807, 2.05) is 30.1 Å². The Morgan fingerprint density at radius 1 is 1.19 bits per heavy atom. The normalized spacial score (nSPS) is 12.8. The van der Waals surface area contributed by atoms with Crippen molar-refractivity contribution in [1.82, 2.24) is 15.1 Å². The molecule has 0 saturated carbocycles. The minimum absolute atomic E-state index is 0.435. The maximum Gasteiger partial charge on any atom is 0.0521 e. The summed E-state index contributed by atoms with van der Waals surface area (Å²) in [6.45, 7) is 6.46. The summed E-state index contributed by atoms with van der Waals surface area (Å²) in [4.78, 5) is 0. The first-order valence-electron chi connectivity index (χ1n) is 7.48. The van der Waals surface area contributed by atoms with Gasteiger partial charge in [0.05, 0.1) is 6.20 Å². The van der Waals surface area contributed by atoms with Crippen LogP contribution in [-0.2, 0) is 13.5 Å². The lowest BCUT2D eigenvalue weighted by Crippen LogP contribution is -2.26. The number of rotatable bonds is 7. The van der Waals surface area contributed by atoms with Gasteiger partial charge >= 0.3 is 0 Å². The Hall–Kier alpha value is -1.32. The molecule has 1 aromatic heterocycles. The molecule has 0 radical (unpaired) electrons. The molecular weight excluding hydrogens is 282 g/mol. The third kappa shape index (κ3) is 5.18. The van der Waals surface area contributed by atoms with Crippen molar-refractivity contribution in [3.63, 3.8) is 0 Å². The molecule has 1 unspecified atom stereocenters. The lowest BCUT2D eigenvalue weighted by atomic mass is 9.93. The molecule has 21 heavy (non-hydrogen) atoms. The second-order valence-electron chi connectivity index (χ2n) is 6.03. The maximum atomic E-state index is 6.00. The fourth-order valence-electron chi connectivity index (χ4n) is 2.45. The Balaban J connectivity index is 2.07. The molecule has 0 bridgehead atoms. The second kappa shape index (κ2) is 7.62. The van der Waals surface area contributed by atoms with Crippen LogP contribution in [0.3, 0.4) is 0 Å². The van der Waals surface area contributed by atoms with Crippen molar-refractivity contribution in [3.05, 3.63) is 52.8 Å². The van der Waals surface area contributed by atoms with E-state index in [0.717, 1.165) is 24.5 Å². The molecule has 2 aromatic rings. The molecule has 3 nitrogen and oxygen atoms in total. The van der Waals surface area contributed by atoms with Crippen LogP contribution in [0.25, 0.3) is 0 Å². The molecule has 0 saturated heterocycles. The topological polar surface area (TPSA) is 29.9 Å². The molecule has 0 amide bonds. The molecule has 0 spiro atoms. The van der Waals surface area contributed by atoms with Gasteiger partial charge in [-0.05, 0) is 42.1 Å². The molecule has 114 valence electrons. The number of nitrogens with zero attached hydrogens (tertiary/aromatic N) is 2. The number of hydrogen-bond acceptors (Lipinski definition) is 2. The van der Waals surface area contributed by atoms with E-state index < -0.39 is 0 Å². The first-order valence-corrected chi connectivity index (χ1v) is 7.86. The molecular formula is C17H24ClN3. The van der Waals surface area contributed by atoms with Crippen molar-refractivity contribution in [2.24, 2.45) is 13.0 Å². The fourth-order valence-corrected chi connectivity index (χ4v) is 2.58. The van der Waals surface area contributed by atoms with Gasteiger partial charge < -0.3 is 5.32 Å². The van der Waals surface area contributed by atoms with Crippen LogP contribution in [0, 0.1) is 5.92 Å². The molecule has 1 atom stereocenters. The second-order valence-corrected chi connectivity index (χ2v) is 6.46. The Morgan fingerprint density at radius 2 is 1.90 bits per heavy atom. The van der Waals surface area contributed by atoms with E-state index >= 15 is 0 Å². The average molecular weight is 306 g/mol. The van der Waals surface area contributed by atoms with Gasteiger partial charge in [0.2, 0.25) is 0 Å². The SMILES string of the molecule is CC(C)CNCC(Cc1cnn(C)c1)c1ccc(Cl)cc1. The number of hydrogen-bond donors (Lipinski definition) is 1. The van der Waals surface area contributed by atoms with Crippen molar-refractivity contribution in [1.29, 1.82) is 0 Å². The van der Waals surface area contributed by atoms with Crippen LogP contribution in [0.2, 0.25) is 5.02 Å². The highest BCUT2D eigenvalue weighted by Crippen LogP contribution is 2.22. The van der Waals surface area contributed by atoms with Gasteiger partial charge in [0.15, 0.2) is 0 Å². The number of aryl methyl sites for hydroxylation is 1. The quantitative estimate of drug-likeness (QED) is 0.846. The van der Waals surface area contributed by atoms with Gasteiger partial charge in [-0.2, -0.15) is 5.10 Å². The monoisotopic (exact) mass is 305 g/mol. The first kappa shape index (κ1) is 16.1. The summed E-state index contributed by atoms with van der Waals surface area (Å²) in [5, 5.41) is 8.61. The van der Waals surface area contributed by atoms with E-state index in [9.17, 15) is 0 Å². The molecule has 0 fully saturated rings. The molecule has 1 heterocycles. The van der Waals surface area contributed by atoms with Crippen molar-refractivity contribution in [3.8, 4) is 0 Å². The summed E-state index contributed by atoms with van der Waals surface area (Å²) < 4.78 is 1.86. The lowest BCUT2D eigenvalue weighted by molar-refractivity contribution is 0.514. The third-order valence-electron chi connectivity index (χ3n) is 3.53. The largest absolute Gasteiger partial charge is 0.316 e. The van der Waals surface area contributed by atoms with Crippen LogP contribution >= 0.6 is 11.6 Å². The van der Waals surface area contributed by atoms with Gasteiger partial charge in [0.25, 0.3) is 0 Å². The Kier molecular flexibility index (Phi) is 5.83. The van der Waals surface area contributed by atoms with Crippen LogP contribution in [0.5, 0.6) is 0 Å². The average Bonchev–Trinajstić information content (AvgIpc) is 2.84. The highest BCUT2D eigenvalue weighted by molar-refractivity contribution is 6.30. The number of benzene rings is 1. The zero-order chi connectivity index (χ0) is 15.2. The standard InChI is InChI=1S/C17H24ClN3/c1-13(2)9-19-11-16(8-14-10-20-21(3)12-14)15-4-6-17(18)7-5-15/h4-7,10,12-13,16,19H,8-9,11H2,1-3H3. The summed E-state index contributed by atoms with van der Waals surface area (Å²) >= 11 is 6.00. The van der Waals surface area contributed by atoms with Gasteiger partial charge in [-0.15, -0.1) is 0 Å². The van der Waals surface area contributed by atoms with Crippen molar-refractivity contribution in [2.75, 3.05) is 13.1 Å². The Labute approximate surface area is 132 Å². The summed E-state index contributed by atoms with van der Waals surface area (Å²) in [6, 6.07) is 8.19. The highest BCUT2D eigenvalue weighted by Gasteiger charge is 2.13. The minimum atomic E-state index is 0.435. The zero-order valence-corrected chi connectivity index (χ0v) is 13.8.